The molecule has 0 unspecified atom stereocenters. The number of aromatic nitrogens is 2. The summed E-state index contributed by atoms with van der Waals surface area (Å²) < 4.78 is 20.1. The quantitative estimate of drug-likeness (QED) is 0.559. The van der Waals surface area contributed by atoms with Gasteiger partial charge in [0.15, 0.2) is 0 Å². The van der Waals surface area contributed by atoms with Crippen LogP contribution in [0.5, 0.6) is 0 Å². The van der Waals surface area contributed by atoms with Crippen molar-refractivity contribution in [3.63, 3.8) is 0 Å². The Morgan fingerprint density at radius 1 is 1.04 bits per heavy atom. The van der Waals surface area contributed by atoms with Crippen molar-refractivity contribution in [1.29, 1.82) is 0 Å². The molecule has 2 heterocycles. The lowest BCUT2D eigenvalue weighted by molar-refractivity contribution is 0.535. The minimum Gasteiger partial charge on any atom is -0.403 e. The highest BCUT2D eigenvalue weighted by molar-refractivity contribution is 5.94. The number of hydrogen-bond donors (Lipinski definition) is 0. The van der Waals surface area contributed by atoms with Crippen molar-refractivity contribution in [2.45, 2.75) is 6.92 Å². The third-order valence-corrected chi connectivity index (χ3v) is 3.90. The third-order valence-electron chi connectivity index (χ3n) is 3.90. The maximum Gasteiger partial charge on any atom is 0.338 e. The molecule has 5 heteroatoms. The summed E-state index contributed by atoms with van der Waals surface area (Å²) in [5, 5.41) is 5.25. The van der Waals surface area contributed by atoms with E-state index in [1.807, 2.05) is 37.3 Å². The van der Waals surface area contributed by atoms with Gasteiger partial charge in [0.1, 0.15) is 5.82 Å². The fraction of sp³-hybridized carbons (Fsp3) is 0.0526. The molecular formula is C19H13FN2O2. The highest BCUT2D eigenvalue weighted by atomic mass is 19.1. The second-order valence-corrected chi connectivity index (χ2v) is 5.50. The third kappa shape index (κ3) is 2.31. The van der Waals surface area contributed by atoms with Crippen LogP contribution in [0.4, 0.5) is 4.39 Å². The van der Waals surface area contributed by atoms with E-state index >= 15 is 0 Å². The minimum atomic E-state index is -0.454. The Hall–Kier alpha value is -3.21. The lowest BCUT2D eigenvalue weighted by atomic mass is 10.0. The van der Waals surface area contributed by atoms with E-state index in [9.17, 15) is 9.18 Å². The second-order valence-electron chi connectivity index (χ2n) is 5.50. The molecule has 0 bridgehead atoms. The average Bonchev–Trinajstić information content (AvgIpc) is 2.92. The summed E-state index contributed by atoms with van der Waals surface area (Å²) in [7, 11) is 0. The second kappa shape index (κ2) is 5.45. The molecule has 4 rings (SSSR count). The van der Waals surface area contributed by atoms with Crippen molar-refractivity contribution in [1.82, 2.24) is 9.78 Å². The van der Waals surface area contributed by atoms with E-state index in [2.05, 4.69) is 5.10 Å². The monoisotopic (exact) mass is 320 g/mol. The Kier molecular flexibility index (Phi) is 3.27. The molecule has 0 aliphatic heterocycles. The largest absolute Gasteiger partial charge is 0.403 e. The molecule has 0 spiro atoms. The first-order chi connectivity index (χ1) is 11.6. The van der Waals surface area contributed by atoms with E-state index in [-0.39, 0.29) is 5.82 Å². The molecule has 0 radical (unpaired) electrons. The van der Waals surface area contributed by atoms with Gasteiger partial charge in [-0.15, -0.1) is 0 Å². The van der Waals surface area contributed by atoms with E-state index in [0.717, 1.165) is 22.2 Å². The summed E-state index contributed by atoms with van der Waals surface area (Å²) in [6, 6.07) is 17.0. The van der Waals surface area contributed by atoms with Crippen molar-refractivity contribution >= 4 is 11.1 Å². The van der Waals surface area contributed by atoms with E-state index < -0.39 is 5.63 Å². The SMILES string of the molecule is Cc1nn(-c2ccc(F)cc2)c2oc(=O)cc(-c3ccccc3)c12. The standard InChI is InChI=1S/C19H13FN2O2/c1-12-18-16(13-5-3-2-4-6-13)11-17(23)24-19(18)22(21-12)15-9-7-14(20)8-10-15/h2-11H,1H3. The minimum absolute atomic E-state index is 0.335. The Morgan fingerprint density at radius 2 is 1.75 bits per heavy atom. The first kappa shape index (κ1) is 14.4. The Morgan fingerprint density at radius 3 is 2.46 bits per heavy atom. The topological polar surface area (TPSA) is 48.0 Å². The first-order valence-corrected chi connectivity index (χ1v) is 7.48. The maximum atomic E-state index is 13.2. The number of benzene rings is 2. The van der Waals surface area contributed by atoms with E-state index in [4.69, 9.17) is 4.42 Å². The normalized spacial score (nSPS) is 11.1. The van der Waals surface area contributed by atoms with Crippen LogP contribution in [0.2, 0.25) is 0 Å². The van der Waals surface area contributed by atoms with Crippen LogP contribution in [0.1, 0.15) is 5.69 Å². The van der Waals surface area contributed by atoms with Crippen LogP contribution in [-0.4, -0.2) is 9.78 Å². The van der Waals surface area contributed by atoms with Gasteiger partial charge in [0.05, 0.1) is 16.8 Å². The lowest BCUT2D eigenvalue weighted by Gasteiger charge is -2.04. The molecular weight excluding hydrogens is 307 g/mol. The van der Waals surface area contributed by atoms with Gasteiger partial charge in [0.25, 0.3) is 0 Å². The zero-order chi connectivity index (χ0) is 16.7. The summed E-state index contributed by atoms with van der Waals surface area (Å²) in [5.74, 6) is -0.335. The van der Waals surface area contributed by atoms with Crippen LogP contribution in [0.25, 0.3) is 27.9 Å². The summed E-state index contributed by atoms with van der Waals surface area (Å²) in [5.41, 5.74) is 2.94. The van der Waals surface area contributed by atoms with Crippen LogP contribution in [0.15, 0.2) is 69.9 Å². The Balaban J connectivity index is 2.05. The number of nitrogens with zero attached hydrogens (tertiary/aromatic N) is 2. The van der Waals surface area contributed by atoms with Gasteiger partial charge in [0, 0.05) is 11.6 Å². The average molecular weight is 320 g/mol. The summed E-state index contributed by atoms with van der Waals surface area (Å²) in [4.78, 5) is 12.1. The molecule has 0 fully saturated rings. The molecule has 0 aliphatic rings. The zero-order valence-electron chi connectivity index (χ0n) is 12.9. The predicted molar refractivity (Wildman–Crippen MR) is 89.7 cm³/mol. The number of hydrogen-bond acceptors (Lipinski definition) is 3. The van der Waals surface area contributed by atoms with Gasteiger partial charge in [-0.1, -0.05) is 30.3 Å². The molecule has 4 aromatic rings. The maximum absolute atomic E-state index is 13.2. The van der Waals surface area contributed by atoms with Crippen molar-refractivity contribution in [2.75, 3.05) is 0 Å². The van der Waals surface area contributed by atoms with Crippen LogP contribution in [0.3, 0.4) is 0 Å². The number of fused-ring (bicyclic) bond motifs is 1. The molecule has 2 aromatic heterocycles. The van der Waals surface area contributed by atoms with Gasteiger partial charge < -0.3 is 4.42 Å². The fourth-order valence-corrected chi connectivity index (χ4v) is 2.83. The summed E-state index contributed by atoms with van der Waals surface area (Å²) >= 11 is 0. The van der Waals surface area contributed by atoms with Gasteiger partial charge in [-0.2, -0.15) is 9.78 Å². The first-order valence-electron chi connectivity index (χ1n) is 7.48. The molecule has 2 aromatic carbocycles. The van der Waals surface area contributed by atoms with Crippen molar-refractivity contribution in [3.8, 4) is 16.8 Å². The predicted octanol–water partition coefficient (Wildman–Crippen LogP) is 4.09. The van der Waals surface area contributed by atoms with E-state index in [1.165, 1.54) is 22.9 Å². The van der Waals surface area contributed by atoms with Crippen LogP contribution >= 0.6 is 0 Å². The number of aryl methyl sites for hydroxylation is 1. The molecule has 0 atom stereocenters. The highest BCUT2D eigenvalue weighted by Gasteiger charge is 2.17. The van der Waals surface area contributed by atoms with Crippen LogP contribution in [0, 0.1) is 12.7 Å². The highest BCUT2D eigenvalue weighted by Crippen LogP contribution is 2.30. The molecule has 24 heavy (non-hydrogen) atoms. The molecule has 0 amide bonds. The summed E-state index contributed by atoms with van der Waals surface area (Å²) in [6.07, 6.45) is 0. The molecule has 0 saturated heterocycles. The molecule has 0 N–H and O–H groups in total. The zero-order valence-corrected chi connectivity index (χ0v) is 12.9. The van der Waals surface area contributed by atoms with E-state index in [1.54, 1.807) is 12.1 Å². The lowest BCUT2D eigenvalue weighted by Crippen LogP contribution is -2.02. The van der Waals surface area contributed by atoms with E-state index in [0.29, 0.717) is 11.4 Å². The summed E-state index contributed by atoms with van der Waals surface area (Å²) in [6.45, 7) is 1.86. The Labute approximate surface area is 136 Å². The van der Waals surface area contributed by atoms with Crippen LogP contribution in [-0.2, 0) is 0 Å². The molecule has 4 nitrogen and oxygen atoms in total. The van der Waals surface area contributed by atoms with Gasteiger partial charge in [-0.25, -0.2) is 9.18 Å². The van der Waals surface area contributed by atoms with Gasteiger partial charge in [-0.3, -0.25) is 0 Å². The number of halogens is 1. The van der Waals surface area contributed by atoms with Gasteiger partial charge >= 0.3 is 5.63 Å². The Bertz CT molecular complexity index is 1080. The molecule has 0 aliphatic carbocycles. The van der Waals surface area contributed by atoms with Crippen molar-refractivity contribution < 1.29 is 8.81 Å². The van der Waals surface area contributed by atoms with Crippen molar-refractivity contribution in [2.24, 2.45) is 0 Å². The van der Waals surface area contributed by atoms with Gasteiger partial charge in [0.2, 0.25) is 5.71 Å². The van der Waals surface area contributed by atoms with Crippen LogP contribution < -0.4 is 5.63 Å². The van der Waals surface area contributed by atoms with Gasteiger partial charge in [-0.05, 0) is 36.8 Å². The smallest absolute Gasteiger partial charge is 0.338 e. The molecule has 0 saturated carbocycles. The van der Waals surface area contributed by atoms with Crippen molar-refractivity contribution in [3.05, 3.63) is 82.6 Å². The fourth-order valence-electron chi connectivity index (χ4n) is 2.83. The number of rotatable bonds is 2. The molecule has 118 valence electrons.